The van der Waals surface area contributed by atoms with Crippen molar-refractivity contribution in [3.05, 3.63) is 53.6 Å². The lowest BCUT2D eigenvalue weighted by atomic mass is 10.2. The molecule has 0 spiro atoms. The second-order valence-corrected chi connectivity index (χ2v) is 4.11. The molecule has 0 saturated heterocycles. The van der Waals surface area contributed by atoms with Crippen LogP contribution in [0, 0.1) is 0 Å². The number of benzene rings is 1. The highest BCUT2D eigenvalue weighted by molar-refractivity contribution is 5.88. The van der Waals surface area contributed by atoms with Gasteiger partial charge >= 0.3 is 5.97 Å². The fraction of sp³-hybridized carbons (Fsp3) is 0.312. The van der Waals surface area contributed by atoms with Crippen LogP contribution in [0.3, 0.4) is 0 Å². The summed E-state index contributed by atoms with van der Waals surface area (Å²) in [5.74, 6) is -0.235. The van der Waals surface area contributed by atoms with Gasteiger partial charge < -0.3 is 4.74 Å². The molecule has 0 fully saturated rings. The van der Waals surface area contributed by atoms with Crippen LogP contribution < -0.4 is 0 Å². The fourth-order valence-corrected chi connectivity index (χ4v) is 1.36. The predicted octanol–water partition coefficient (Wildman–Crippen LogP) is 3.99. The van der Waals surface area contributed by atoms with Crippen molar-refractivity contribution >= 4 is 12.0 Å². The standard InChI is InChI=1S/C16H20O2/c1-3-4-13-18-16(17)14(2)9-8-12-15-10-6-5-7-11-15/h5-12H,3-4,13H2,1-2H3/b12-8+,14-9+. The molecule has 0 aliphatic rings. The molecule has 0 unspecified atom stereocenters. The van der Waals surface area contributed by atoms with Crippen LogP contribution in [-0.2, 0) is 9.53 Å². The number of hydrogen-bond acceptors (Lipinski definition) is 2. The van der Waals surface area contributed by atoms with Gasteiger partial charge in [-0.25, -0.2) is 4.79 Å². The minimum absolute atomic E-state index is 0.235. The molecule has 0 bridgehead atoms. The summed E-state index contributed by atoms with van der Waals surface area (Å²) >= 11 is 0. The van der Waals surface area contributed by atoms with Crippen LogP contribution in [0.1, 0.15) is 32.3 Å². The molecule has 0 heterocycles. The summed E-state index contributed by atoms with van der Waals surface area (Å²) < 4.78 is 5.11. The molecule has 0 aliphatic heterocycles. The molecular formula is C16H20O2. The van der Waals surface area contributed by atoms with Crippen LogP contribution in [-0.4, -0.2) is 12.6 Å². The lowest BCUT2D eigenvalue weighted by molar-refractivity contribution is -0.139. The minimum atomic E-state index is -0.235. The second-order valence-electron chi connectivity index (χ2n) is 4.11. The molecule has 0 amide bonds. The minimum Gasteiger partial charge on any atom is -0.462 e. The number of esters is 1. The summed E-state index contributed by atoms with van der Waals surface area (Å²) in [5, 5.41) is 0. The van der Waals surface area contributed by atoms with E-state index in [1.165, 1.54) is 0 Å². The maximum absolute atomic E-state index is 11.5. The van der Waals surface area contributed by atoms with Gasteiger partial charge in [-0.3, -0.25) is 0 Å². The van der Waals surface area contributed by atoms with Gasteiger partial charge in [0.15, 0.2) is 0 Å². The number of ether oxygens (including phenoxy) is 1. The number of allylic oxidation sites excluding steroid dienone is 2. The molecule has 0 saturated carbocycles. The van der Waals surface area contributed by atoms with Gasteiger partial charge in [0, 0.05) is 5.57 Å². The van der Waals surface area contributed by atoms with Gasteiger partial charge in [-0.15, -0.1) is 0 Å². The first-order valence-electron chi connectivity index (χ1n) is 6.31. The van der Waals surface area contributed by atoms with Crippen molar-refractivity contribution < 1.29 is 9.53 Å². The molecule has 1 rings (SSSR count). The van der Waals surface area contributed by atoms with E-state index in [2.05, 4.69) is 6.92 Å². The van der Waals surface area contributed by atoms with E-state index in [1.54, 1.807) is 13.0 Å². The molecule has 0 N–H and O–H groups in total. The van der Waals surface area contributed by atoms with E-state index < -0.39 is 0 Å². The smallest absolute Gasteiger partial charge is 0.333 e. The third kappa shape index (κ3) is 5.48. The molecular weight excluding hydrogens is 224 g/mol. The average Bonchev–Trinajstić information content (AvgIpc) is 2.40. The van der Waals surface area contributed by atoms with Crippen LogP contribution in [0.2, 0.25) is 0 Å². The third-order valence-corrected chi connectivity index (χ3v) is 2.49. The Hall–Kier alpha value is -1.83. The maximum atomic E-state index is 11.5. The van der Waals surface area contributed by atoms with E-state index in [1.807, 2.05) is 42.5 Å². The van der Waals surface area contributed by atoms with Crippen molar-refractivity contribution in [2.45, 2.75) is 26.7 Å². The van der Waals surface area contributed by atoms with Crippen molar-refractivity contribution in [2.75, 3.05) is 6.61 Å². The second kappa shape index (κ2) is 8.29. The first kappa shape index (κ1) is 14.2. The quantitative estimate of drug-likeness (QED) is 0.327. The first-order chi connectivity index (χ1) is 8.74. The van der Waals surface area contributed by atoms with E-state index >= 15 is 0 Å². The van der Waals surface area contributed by atoms with Crippen molar-refractivity contribution in [1.82, 2.24) is 0 Å². The van der Waals surface area contributed by atoms with Crippen LogP contribution in [0.25, 0.3) is 6.08 Å². The van der Waals surface area contributed by atoms with E-state index in [9.17, 15) is 4.79 Å². The molecule has 0 aliphatic carbocycles. The number of carbonyl (C=O) groups is 1. The van der Waals surface area contributed by atoms with Crippen molar-refractivity contribution in [3.63, 3.8) is 0 Å². The average molecular weight is 244 g/mol. The van der Waals surface area contributed by atoms with Crippen LogP contribution >= 0.6 is 0 Å². The van der Waals surface area contributed by atoms with Gasteiger partial charge in [-0.05, 0) is 18.9 Å². The lowest BCUT2D eigenvalue weighted by Gasteiger charge is -2.02. The van der Waals surface area contributed by atoms with E-state index in [4.69, 9.17) is 4.74 Å². The predicted molar refractivity (Wildman–Crippen MR) is 75.1 cm³/mol. The Labute approximate surface area is 109 Å². The summed E-state index contributed by atoms with van der Waals surface area (Å²) in [6.45, 7) is 4.34. The van der Waals surface area contributed by atoms with Gasteiger partial charge in [0.05, 0.1) is 6.61 Å². The van der Waals surface area contributed by atoms with E-state index in [0.29, 0.717) is 12.2 Å². The number of unbranched alkanes of at least 4 members (excludes halogenated alkanes) is 1. The largest absolute Gasteiger partial charge is 0.462 e. The zero-order valence-corrected chi connectivity index (χ0v) is 11.1. The number of rotatable bonds is 6. The molecule has 2 nitrogen and oxygen atoms in total. The fourth-order valence-electron chi connectivity index (χ4n) is 1.36. The summed E-state index contributed by atoms with van der Waals surface area (Å²) in [5.41, 5.74) is 1.74. The Morgan fingerprint density at radius 2 is 2.00 bits per heavy atom. The topological polar surface area (TPSA) is 26.3 Å². The molecule has 2 heteroatoms. The molecule has 1 aromatic rings. The zero-order chi connectivity index (χ0) is 13.2. The number of carbonyl (C=O) groups excluding carboxylic acids is 1. The summed E-state index contributed by atoms with van der Waals surface area (Å²) in [6.07, 6.45) is 7.55. The van der Waals surface area contributed by atoms with Gasteiger partial charge in [-0.2, -0.15) is 0 Å². The summed E-state index contributed by atoms with van der Waals surface area (Å²) in [7, 11) is 0. The van der Waals surface area contributed by atoms with Crippen LogP contribution in [0.15, 0.2) is 48.1 Å². The molecule has 96 valence electrons. The molecule has 0 aromatic heterocycles. The molecule has 1 aromatic carbocycles. The van der Waals surface area contributed by atoms with Crippen molar-refractivity contribution in [1.29, 1.82) is 0 Å². The monoisotopic (exact) mass is 244 g/mol. The van der Waals surface area contributed by atoms with Gasteiger partial charge in [0.25, 0.3) is 0 Å². The molecule has 0 atom stereocenters. The van der Waals surface area contributed by atoms with E-state index in [0.717, 1.165) is 18.4 Å². The summed E-state index contributed by atoms with van der Waals surface area (Å²) in [4.78, 5) is 11.5. The Balaban J connectivity index is 2.46. The highest BCUT2D eigenvalue weighted by Crippen LogP contribution is 2.03. The third-order valence-electron chi connectivity index (χ3n) is 2.49. The molecule has 0 radical (unpaired) electrons. The van der Waals surface area contributed by atoms with Crippen LogP contribution in [0.5, 0.6) is 0 Å². The van der Waals surface area contributed by atoms with Crippen LogP contribution in [0.4, 0.5) is 0 Å². The van der Waals surface area contributed by atoms with Gasteiger partial charge in [-0.1, -0.05) is 61.9 Å². The molecule has 18 heavy (non-hydrogen) atoms. The summed E-state index contributed by atoms with van der Waals surface area (Å²) in [6, 6.07) is 9.96. The lowest BCUT2D eigenvalue weighted by Crippen LogP contribution is -2.06. The number of hydrogen-bond donors (Lipinski definition) is 0. The van der Waals surface area contributed by atoms with Gasteiger partial charge in [0.1, 0.15) is 0 Å². The Kier molecular flexibility index (Phi) is 6.55. The van der Waals surface area contributed by atoms with E-state index in [-0.39, 0.29) is 5.97 Å². The Morgan fingerprint density at radius 1 is 1.28 bits per heavy atom. The zero-order valence-electron chi connectivity index (χ0n) is 11.1. The SMILES string of the molecule is CCCCOC(=O)/C(C)=C/C=C/c1ccccc1. The van der Waals surface area contributed by atoms with Crippen molar-refractivity contribution in [2.24, 2.45) is 0 Å². The Bertz CT molecular complexity index is 416. The van der Waals surface area contributed by atoms with Crippen molar-refractivity contribution in [3.8, 4) is 0 Å². The highest BCUT2D eigenvalue weighted by Gasteiger charge is 2.03. The normalized spacial score (nSPS) is 11.8. The van der Waals surface area contributed by atoms with Gasteiger partial charge in [0.2, 0.25) is 0 Å². The maximum Gasteiger partial charge on any atom is 0.333 e. The first-order valence-corrected chi connectivity index (χ1v) is 6.31. The Morgan fingerprint density at radius 3 is 2.67 bits per heavy atom. The highest BCUT2D eigenvalue weighted by atomic mass is 16.5.